The summed E-state index contributed by atoms with van der Waals surface area (Å²) in [5.74, 6) is 1.04. The van der Waals surface area contributed by atoms with E-state index in [9.17, 15) is 4.79 Å². The lowest BCUT2D eigenvalue weighted by molar-refractivity contribution is -0.123. The van der Waals surface area contributed by atoms with Crippen LogP contribution in [0.25, 0.3) is 0 Å². The largest absolute Gasteiger partial charge is 0.376 e. The third-order valence-corrected chi connectivity index (χ3v) is 6.14. The van der Waals surface area contributed by atoms with E-state index in [2.05, 4.69) is 56.9 Å². The first-order valence-corrected chi connectivity index (χ1v) is 10.2. The summed E-state index contributed by atoms with van der Waals surface area (Å²) < 4.78 is 5.66. The van der Waals surface area contributed by atoms with Crippen LogP contribution < -0.4 is 15.5 Å². The van der Waals surface area contributed by atoms with Crippen LogP contribution in [0.1, 0.15) is 29.5 Å². The Balaban J connectivity index is 1.15. The number of benzene rings is 1. The zero-order valence-corrected chi connectivity index (χ0v) is 15.9. The molecule has 0 bridgehead atoms. The first-order valence-electron chi connectivity index (χ1n) is 10.2. The third kappa shape index (κ3) is 3.50. The maximum atomic E-state index is 12.4. The van der Waals surface area contributed by atoms with Gasteiger partial charge in [0.2, 0.25) is 5.91 Å². The molecule has 6 nitrogen and oxygen atoms in total. The smallest absolute Gasteiger partial charge is 0.237 e. The van der Waals surface area contributed by atoms with E-state index < -0.39 is 0 Å². The average molecular weight is 378 g/mol. The standard InChI is InChI=1S/C22H26N4O2/c27-22(19-11-20-18(25-19)8-10-28-20)24-13-15-5-6-21(23-12-15)26-9-7-16-3-1-2-4-17(16)14-26/h1-6,12,18-20,25H,7-11,13-14H2,(H,24,27)/t18-,19-,20-/m0/s1. The highest BCUT2D eigenvalue weighted by molar-refractivity contribution is 5.82. The van der Waals surface area contributed by atoms with E-state index in [1.807, 2.05) is 6.20 Å². The summed E-state index contributed by atoms with van der Waals surface area (Å²) in [5, 5.41) is 6.42. The summed E-state index contributed by atoms with van der Waals surface area (Å²) in [6.45, 7) is 3.19. The van der Waals surface area contributed by atoms with E-state index in [0.717, 1.165) is 50.3 Å². The molecule has 3 aliphatic heterocycles. The minimum Gasteiger partial charge on any atom is -0.376 e. The number of ether oxygens (including phenoxy) is 1. The molecule has 3 atom stereocenters. The molecule has 4 heterocycles. The van der Waals surface area contributed by atoms with Gasteiger partial charge >= 0.3 is 0 Å². The van der Waals surface area contributed by atoms with Crippen molar-refractivity contribution < 1.29 is 9.53 Å². The Bertz CT molecular complexity index is 842. The zero-order chi connectivity index (χ0) is 18.9. The van der Waals surface area contributed by atoms with Crippen molar-refractivity contribution in [3.05, 3.63) is 59.3 Å². The fourth-order valence-corrected chi connectivity index (χ4v) is 4.52. The van der Waals surface area contributed by atoms with Crippen LogP contribution in [0.4, 0.5) is 5.82 Å². The van der Waals surface area contributed by atoms with Crippen molar-refractivity contribution in [1.29, 1.82) is 0 Å². The lowest BCUT2D eigenvalue weighted by Gasteiger charge is -2.29. The molecule has 2 aromatic rings. The topological polar surface area (TPSA) is 66.5 Å². The van der Waals surface area contributed by atoms with Crippen molar-refractivity contribution in [3.63, 3.8) is 0 Å². The van der Waals surface area contributed by atoms with Gasteiger partial charge in [0.25, 0.3) is 0 Å². The number of pyridine rings is 1. The van der Waals surface area contributed by atoms with Crippen molar-refractivity contribution in [2.75, 3.05) is 18.1 Å². The fourth-order valence-electron chi connectivity index (χ4n) is 4.52. The Hall–Kier alpha value is -2.44. The van der Waals surface area contributed by atoms with Crippen molar-refractivity contribution in [2.24, 2.45) is 0 Å². The van der Waals surface area contributed by atoms with Gasteiger partial charge in [0.1, 0.15) is 5.82 Å². The number of nitrogens with zero attached hydrogens (tertiary/aromatic N) is 2. The van der Waals surface area contributed by atoms with Gasteiger partial charge in [-0.1, -0.05) is 30.3 Å². The van der Waals surface area contributed by atoms with Crippen LogP contribution in [0.3, 0.4) is 0 Å². The molecule has 3 aliphatic rings. The SMILES string of the molecule is O=C(NCc1ccc(N2CCc3ccccc3C2)nc1)[C@@H]1C[C@@H]2OCC[C@@H]2N1. The monoisotopic (exact) mass is 378 g/mol. The maximum absolute atomic E-state index is 12.4. The van der Waals surface area contributed by atoms with Crippen LogP contribution in [-0.2, 0) is 29.0 Å². The van der Waals surface area contributed by atoms with Gasteiger partial charge < -0.3 is 20.3 Å². The molecule has 2 saturated heterocycles. The second kappa shape index (κ2) is 7.53. The van der Waals surface area contributed by atoms with Gasteiger partial charge in [-0.15, -0.1) is 0 Å². The van der Waals surface area contributed by atoms with Crippen LogP contribution in [0.5, 0.6) is 0 Å². The molecule has 0 radical (unpaired) electrons. The van der Waals surface area contributed by atoms with Crippen molar-refractivity contribution in [1.82, 2.24) is 15.6 Å². The summed E-state index contributed by atoms with van der Waals surface area (Å²) >= 11 is 0. The number of hydrogen-bond donors (Lipinski definition) is 2. The first-order chi connectivity index (χ1) is 13.8. The molecule has 0 spiro atoms. The lowest BCUT2D eigenvalue weighted by Crippen LogP contribution is -2.42. The summed E-state index contributed by atoms with van der Waals surface area (Å²) in [7, 11) is 0. The molecular formula is C22H26N4O2. The minimum absolute atomic E-state index is 0.0507. The number of carbonyl (C=O) groups excluding carboxylic acids is 1. The molecule has 2 N–H and O–H groups in total. The normalized spacial score (nSPS) is 26.0. The number of rotatable bonds is 4. The first kappa shape index (κ1) is 17.6. The molecule has 0 aliphatic carbocycles. The van der Waals surface area contributed by atoms with Gasteiger partial charge in [-0.05, 0) is 42.0 Å². The Morgan fingerprint density at radius 1 is 1.25 bits per heavy atom. The van der Waals surface area contributed by atoms with Crippen LogP contribution in [0.2, 0.25) is 0 Å². The lowest BCUT2D eigenvalue weighted by atomic mass is 10.00. The van der Waals surface area contributed by atoms with Gasteiger partial charge in [0, 0.05) is 38.5 Å². The molecular weight excluding hydrogens is 352 g/mol. The number of hydrogen-bond acceptors (Lipinski definition) is 5. The summed E-state index contributed by atoms with van der Waals surface area (Å²) in [4.78, 5) is 19.4. The molecule has 2 fully saturated rings. The number of aromatic nitrogens is 1. The number of fused-ring (bicyclic) bond motifs is 2. The van der Waals surface area contributed by atoms with E-state index in [1.165, 1.54) is 11.1 Å². The van der Waals surface area contributed by atoms with Crippen molar-refractivity contribution in [3.8, 4) is 0 Å². The number of anilines is 1. The van der Waals surface area contributed by atoms with Crippen LogP contribution in [0.15, 0.2) is 42.6 Å². The highest BCUT2D eigenvalue weighted by Gasteiger charge is 2.40. The van der Waals surface area contributed by atoms with E-state index in [1.54, 1.807) is 0 Å². The minimum atomic E-state index is -0.143. The van der Waals surface area contributed by atoms with Gasteiger partial charge in [-0.3, -0.25) is 4.79 Å². The Morgan fingerprint density at radius 3 is 2.96 bits per heavy atom. The highest BCUT2D eigenvalue weighted by atomic mass is 16.5. The number of amides is 1. The van der Waals surface area contributed by atoms with Gasteiger partial charge in [0.05, 0.1) is 12.1 Å². The third-order valence-electron chi connectivity index (χ3n) is 6.14. The maximum Gasteiger partial charge on any atom is 0.237 e. The Labute approximate surface area is 165 Å². The number of carbonyl (C=O) groups is 1. The Kier molecular flexibility index (Phi) is 4.74. The average Bonchev–Trinajstić information content (AvgIpc) is 3.34. The van der Waals surface area contributed by atoms with Crippen molar-refractivity contribution >= 4 is 11.7 Å². The van der Waals surface area contributed by atoms with E-state index in [0.29, 0.717) is 12.6 Å². The van der Waals surface area contributed by atoms with Crippen molar-refractivity contribution in [2.45, 2.75) is 50.5 Å². The highest BCUT2D eigenvalue weighted by Crippen LogP contribution is 2.25. The predicted molar refractivity (Wildman–Crippen MR) is 107 cm³/mol. The van der Waals surface area contributed by atoms with Gasteiger partial charge in [0.15, 0.2) is 0 Å². The van der Waals surface area contributed by atoms with Crippen LogP contribution in [0, 0.1) is 0 Å². The van der Waals surface area contributed by atoms with E-state index in [-0.39, 0.29) is 18.1 Å². The van der Waals surface area contributed by atoms with Crippen LogP contribution in [-0.4, -0.2) is 42.2 Å². The van der Waals surface area contributed by atoms with E-state index >= 15 is 0 Å². The zero-order valence-electron chi connectivity index (χ0n) is 15.9. The van der Waals surface area contributed by atoms with E-state index in [4.69, 9.17) is 4.74 Å². The molecule has 6 heteroatoms. The summed E-state index contributed by atoms with van der Waals surface area (Å²) in [6, 6.07) is 12.9. The summed E-state index contributed by atoms with van der Waals surface area (Å²) in [5.41, 5.74) is 3.83. The molecule has 1 aromatic carbocycles. The van der Waals surface area contributed by atoms with Gasteiger partial charge in [-0.2, -0.15) is 0 Å². The molecule has 0 saturated carbocycles. The second-order valence-corrected chi connectivity index (χ2v) is 7.94. The Morgan fingerprint density at radius 2 is 2.14 bits per heavy atom. The molecule has 0 unspecified atom stereocenters. The molecule has 1 aromatic heterocycles. The summed E-state index contributed by atoms with van der Waals surface area (Å²) in [6.07, 6.45) is 4.89. The van der Waals surface area contributed by atoms with Gasteiger partial charge in [-0.25, -0.2) is 4.98 Å². The predicted octanol–water partition coefficient (Wildman–Crippen LogP) is 1.78. The second-order valence-electron chi connectivity index (χ2n) is 7.94. The van der Waals surface area contributed by atoms with Crippen LogP contribution >= 0.6 is 0 Å². The molecule has 5 rings (SSSR count). The molecule has 146 valence electrons. The molecule has 28 heavy (non-hydrogen) atoms. The number of nitrogens with one attached hydrogen (secondary N) is 2. The quantitative estimate of drug-likeness (QED) is 0.849. The fraction of sp³-hybridized carbons (Fsp3) is 0.455. The molecule has 1 amide bonds.